The zero-order valence-corrected chi connectivity index (χ0v) is 13.9. The summed E-state index contributed by atoms with van der Waals surface area (Å²) in [5.74, 6) is -0.348. The fraction of sp³-hybridized carbons (Fsp3) is 0.263. The van der Waals surface area contributed by atoms with E-state index >= 15 is 0 Å². The number of primary amides is 1. The van der Waals surface area contributed by atoms with Gasteiger partial charge in [-0.25, -0.2) is 0 Å². The van der Waals surface area contributed by atoms with Crippen LogP contribution in [0.3, 0.4) is 0 Å². The van der Waals surface area contributed by atoms with Crippen molar-refractivity contribution in [3.05, 3.63) is 54.0 Å². The Morgan fingerprint density at radius 3 is 2.64 bits per heavy atom. The van der Waals surface area contributed by atoms with Gasteiger partial charge in [-0.1, -0.05) is 0 Å². The predicted molar refractivity (Wildman–Crippen MR) is 97.4 cm³/mol. The molecule has 0 saturated carbocycles. The van der Waals surface area contributed by atoms with Crippen LogP contribution in [0.25, 0.3) is 6.08 Å². The zero-order valence-electron chi connectivity index (χ0n) is 13.9. The van der Waals surface area contributed by atoms with Gasteiger partial charge < -0.3 is 20.4 Å². The van der Waals surface area contributed by atoms with E-state index in [1.807, 2.05) is 6.07 Å². The van der Waals surface area contributed by atoms with Crippen molar-refractivity contribution >= 4 is 29.3 Å². The number of furan rings is 1. The average molecular weight is 339 g/mol. The molecule has 2 amide bonds. The van der Waals surface area contributed by atoms with Gasteiger partial charge in [-0.3, -0.25) is 9.59 Å². The van der Waals surface area contributed by atoms with E-state index in [0.717, 1.165) is 31.6 Å². The molecule has 3 rings (SSSR count). The van der Waals surface area contributed by atoms with Gasteiger partial charge >= 0.3 is 0 Å². The number of hydrogen-bond acceptors (Lipinski definition) is 4. The molecule has 0 radical (unpaired) electrons. The number of nitrogens with zero attached hydrogens (tertiary/aromatic N) is 1. The Labute approximate surface area is 146 Å². The Bertz CT molecular complexity index is 775. The molecule has 1 aliphatic rings. The number of carbonyl (C=O) groups excluding carboxylic acids is 2. The van der Waals surface area contributed by atoms with E-state index in [0.29, 0.717) is 17.0 Å². The molecular weight excluding hydrogens is 318 g/mol. The van der Waals surface area contributed by atoms with E-state index in [1.165, 1.54) is 18.8 Å². The van der Waals surface area contributed by atoms with Crippen molar-refractivity contribution in [1.29, 1.82) is 0 Å². The summed E-state index contributed by atoms with van der Waals surface area (Å²) in [6, 6.07) is 8.86. The first-order valence-electron chi connectivity index (χ1n) is 8.35. The molecule has 1 aromatic heterocycles. The first-order chi connectivity index (χ1) is 12.1. The number of amides is 2. The molecule has 6 nitrogen and oxygen atoms in total. The Kier molecular flexibility index (Phi) is 5.18. The number of carbonyl (C=O) groups is 2. The molecule has 2 heterocycles. The highest BCUT2D eigenvalue weighted by Crippen LogP contribution is 2.25. The lowest BCUT2D eigenvalue weighted by Gasteiger charge is -2.29. The molecule has 3 N–H and O–H groups in total. The fourth-order valence-corrected chi connectivity index (χ4v) is 2.91. The molecule has 130 valence electrons. The molecule has 25 heavy (non-hydrogen) atoms. The molecule has 1 aromatic carbocycles. The maximum atomic E-state index is 12.1. The summed E-state index contributed by atoms with van der Waals surface area (Å²) in [6.45, 7) is 1.94. The van der Waals surface area contributed by atoms with Crippen molar-refractivity contribution in [3.63, 3.8) is 0 Å². The predicted octanol–water partition coefficient (Wildman–Crippen LogP) is 3.02. The maximum absolute atomic E-state index is 12.1. The van der Waals surface area contributed by atoms with E-state index in [-0.39, 0.29) is 5.91 Å². The van der Waals surface area contributed by atoms with E-state index in [9.17, 15) is 9.59 Å². The average Bonchev–Trinajstić information content (AvgIpc) is 3.14. The van der Waals surface area contributed by atoms with E-state index in [2.05, 4.69) is 10.2 Å². The monoisotopic (exact) mass is 339 g/mol. The molecule has 1 fully saturated rings. The molecule has 1 aliphatic heterocycles. The third-order valence-electron chi connectivity index (χ3n) is 4.19. The molecule has 0 unspecified atom stereocenters. The standard InChI is InChI=1S/C19H21N3O3/c20-19(24)16-13-14(22-10-2-1-3-11-22)6-8-17(16)21-18(23)9-7-15-5-4-12-25-15/h4-9,12-13H,1-3,10-11H2,(H2,20,24)(H,21,23). The number of hydrogen-bond donors (Lipinski definition) is 2. The highest BCUT2D eigenvalue weighted by molar-refractivity contribution is 6.07. The first kappa shape index (κ1) is 16.8. The number of nitrogens with two attached hydrogens (primary N) is 1. The second kappa shape index (κ2) is 7.70. The smallest absolute Gasteiger partial charge is 0.250 e. The van der Waals surface area contributed by atoms with Crippen molar-refractivity contribution < 1.29 is 14.0 Å². The first-order valence-corrected chi connectivity index (χ1v) is 8.35. The van der Waals surface area contributed by atoms with Crippen LogP contribution < -0.4 is 16.0 Å². The minimum atomic E-state index is -0.566. The van der Waals surface area contributed by atoms with Gasteiger partial charge in [0.25, 0.3) is 5.91 Å². The molecule has 2 aromatic rings. The summed E-state index contributed by atoms with van der Waals surface area (Å²) in [5, 5.41) is 2.70. The van der Waals surface area contributed by atoms with Crippen molar-refractivity contribution in [2.75, 3.05) is 23.3 Å². The summed E-state index contributed by atoms with van der Waals surface area (Å²) in [5.41, 5.74) is 7.17. The third kappa shape index (κ3) is 4.29. The van der Waals surface area contributed by atoms with E-state index in [4.69, 9.17) is 10.2 Å². The van der Waals surface area contributed by atoms with Gasteiger partial charge in [-0.15, -0.1) is 0 Å². The van der Waals surface area contributed by atoms with Gasteiger partial charge in [0.15, 0.2) is 0 Å². The van der Waals surface area contributed by atoms with Gasteiger partial charge in [0.2, 0.25) is 5.91 Å². The lowest BCUT2D eigenvalue weighted by Crippen LogP contribution is -2.29. The summed E-state index contributed by atoms with van der Waals surface area (Å²) in [7, 11) is 0. The van der Waals surface area contributed by atoms with Crippen molar-refractivity contribution in [2.45, 2.75) is 19.3 Å². The van der Waals surface area contributed by atoms with Gasteiger partial charge in [0.1, 0.15) is 5.76 Å². The molecule has 6 heteroatoms. The third-order valence-corrected chi connectivity index (χ3v) is 4.19. The molecule has 1 saturated heterocycles. The number of benzene rings is 1. The molecule has 0 aliphatic carbocycles. The lowest BCUT2D eigenvalue weighted by molar-refractivity contribution is -0.111. The quantitative estimate of drug-likeness (QED) is 0.820. The SMILES string of the molecule is NC(=O)c1cc(N2CCCCC2)ccc1NC(=O)C=Cc1ccco1. The Hall–Kier alpha value is -3.02. The Balaban J connectivity index is 1.76. The molecule has 0 atom stereocenters. The highest BCUT2D eigenvalue weighted by atomic mass is 16.3. The van der Waals surface area contributed by atoms with Gasteiger partial charge in [-0.05, 0) is 55.7 Å². The summed E-state index contributed by atoms with van der Waals surface area (Å²) in [6.07, 6.45) is 7.95. The van der Waals surface area contributed by atoms with Crippen molar-refractivity contribution in [1.82, 2.24) is 0 Å². The fourth-order valence-electron chi connectivity index (χ4n) is 2.91. The minimum absolute atomic E-state index is 0.308. The Morgan fingerprint density at radius 2 is 1.96 bits per heavy atom. The normalized spacial score (nSPS) is 14.6. The van der Waals surface area contributed by atoms with Crippen LogP contribution >= 0.6 is 0 Å². The lowest BCUT2D eigenvalue weighted by atomic mass is 10.1. The number of piperidine rings is 1. The topological polar surface area (TPSA) is 88.6 Å². The van der Waals surface area contributed by atoms with Crippen LogP contribution in [-0.4, -0.2) is 24.9 Å². The number of rotatable bonds is 5. The van der Waals surface area contributed by atoms with Crippen LogP contribution in [0.2, 0.25) is 0 Å². The van der Waals surface area contributed by atoms with E-state index < -0.39 is 5.91 Å². The molecule has 0 spiro atoms. The van der Waals surface area contributed by atoms with Gasteiger partial charge in [0.05, 0.1) is 17.5 Å². The van der Waals surface area contributed by atoms with Crippen LogP contribution in [0.5, 0.6) is 0 Å². The van der Waals surface area contributed by atoms with Crippen LogP contribution in [0.1, 0.15) is 35.4 Å². The van der Waals surface area contributed by atoms with Crippen LogP contribution in [-0.2, 0) is 4.79 Å². The number of nitrogens with one attached hydrogen (secondary N) is 1. The highest BCUT2D eigenvalue weighted by Gasteiger charge is 2.16. The van der Waals surface area contributed by atoms with Crippen molar-refractivity contribution in [3.8, 4) is 0 Å². The van der Waals surface area contributed by atoms with Gasteiger partial charge in [0, 0.05) is 24.9 Å². The maximum Gasteiger partial charge on any atom is 0.250 e. The summed E-state index contributed by atoms with van der Waals surface area (Å²) >= 11 is 0. The van der Waals surface area contributed by atoms with Crippen molar-refractivity contribution in [2.24, 2.45) is 5.73 Å². The zero-order chi connectivity index (χ0) is 17.6. The van der Waals surface area contributed by atoms with Crippen LogP contribution in [0, 0.1) is 0 Å². The van der Waals surface area contributed by atoms with Crippen LogP contribution in [0.4, 0.5) is 11.4 Å². The second-order valence-corrected chi connectivity index (χ2v) is 5.98. The summed E-state index contributed by atoms with van der Waals surface area (Å²) in [4.78, 5) is 26.1. The second-order valence-electron chi connectivity index (χ2n) is 5.98. The van der Waals surface area contributed by atoms with Crippen LogP contribution in [0.15, 0.2) is 47.1 Å². The molecule has 0 bridgehead atoms. The largest absolute Gasteiger partial charge is 0.465 e. The molecular formula is C19H21N3O3. The number of anilines is 2. The minimum Gasteiger partial charge on any atom is -0.465 e. The Morgan fingerprint density at radius 1 is 1.16 bits per heavy atom. The summed E-state index contributed by atoms with van der Waals surface area (Å²) < 4.78 is 5.13. The van der Waals surface area contributed by atoms with Gasteiger partial charge in [-0.2, -0.15) is 0 Å². The van der Waals surface area contributed by atoms with E-state index in [1.54, 1.807) is 30.3 Å².